The van der Waals surface area contributed by atoms with E-state index in [-0.39, 0.29) is 0 Å². The monoisotopic (exact) mass is 247 g/mol. The first-order valence-electron chi connectivity index (χ1n) is 6.16. The maximum atomic E-state index is 5.58. The van der Waals surface area contributed by atoms with Crippen LogP contribution in [0.2, 0.25) is 0 Å². The third kappa shape index (κ3) is 2.51. The number of aromatic nitrogens is 1. The highest BCUT2D eigenvalue weighted by Gasteiger charge is 2.02. The standard InChI is InChI=1S/C17H13NO/c1-12-3-6-14(7-4-12)8-10-17-18-15-11-13(2)5-9-16(15)19-17/h3-7,9,11H,1-2H3. The number of oxazole rings is 1. The fraction of sp³-hybridized carbons (Fsp3) is 0.118. The number of hydrogen-bond donors (Lipinski definition) is 0. The van der Waals surface area contributed by atoms with Crippen LogP contribution in [0, 0.1) is 25.7 Å². The van der Waals surface area contributed by atoms with E-state index in [9.17, 15) is 0 Å². The van der Waals surface area contributed by atoms with Gasteiger partial charge in [0.2, 0.25) is 0 Å². The Morgan fingerprint density at radius 2 is 1.63 bits per heavy atom. The van der Waals surface area contributed by atoms with Gasteiger partial charge in [0.05, 0.1) is 0 Å². The Labute approximate surface area is 112 Å². The van der Waals surface area contributed by atoms with Crippen LogP contribution in [0.25, 0.3) is 11.1 Å². The Morgan fingerprint density at radius 3 is 2.42 bits per heavy atom. The van der Waals surface area contributed by atoms with Crippen molar-refractivity contribution in [2.24, 2.45) is 0 Å². The average molecular weight is 247 g/mol. The van der Waals surface area contributed by atoms with Crippen molar-refractivity contribution in [3.8, 4) is 11.8 Å². The van der Waals surface area contributed by atoms with Crippen molar-refractivity contribution in [2.45, 2.75) is 13.8 Å². The molecule has 0 fully saturated rings. The van der Waals surface area contributed by atoms with Gasteiger partial charge in [-0.25, -0.2) is 4.98 Å². The summed E-state index contributed by atoms with van der Waals surface area (Å²) in [4.78, 5) is 4.37. The molecule has 0 saturated heterocycles. The molecule has 0 spiro atoms. The number of benzene rings is 2. The minimum absolute atomic E-state index is 0.459. The van der Waals surface area contributed by atoms with E-state index in [4.69, 9.17) is 4.42 Å². The minimum Gasteiger partial charge on any atom is -0.430 e. The zero-order valence-corrected chi connectivity index (χ0v) is 10.9. The third-order valence-electron chi connectivity index (χ3n) is 2.91. The molecule has 19 heavy (non-hydrogen) atoms. The van der Waals surface area contributed by atoms with Gasteiger partial charge >= 0.3 is 0 Å². The Hall–Kier alpha value is -2.53. The van der Waals surface area contributed by atoms with E-state index in [0.717, 1.165) is 16.7 Å². The molecule has 2 heteroatoms. The first-order valence-corrected chi connectivity index (χ1v) is 6.16. The van der Waals surface area contributed by atoms with Crippen molar-refractivity contribution >= 4 is 11.1 Å². The molecule has 1 heterocycles. The molecule has 0 aliphatic heterocycles. The second kappa shape index (κ2) is 4.62. The van der Waals surface area contributed by atoms with Gasteiger partial charge in [0, 0.05) is 5.56 Å². The van der Waals surface area contributed by atoms with Crippen LogP contribution in [0.3, 0.4) is 0 Å². The lowest BCUT2D eigenvalue weighted by Crippen LogP contribution is -1.76. The van der Waals surface area contributed by atoms with Gasteiger partial charge in [-0.1, -0.05) is 29.7 Å². The predicted molar refractivity (Wildman–Crippen MR) is 75.9 cm³/mol. The first kappa shape index (κ1) is 11.6. The quantitative estimate of drug-likeness (QED) is 0.564. The molecule has 3 aromatic rings. The Kier molecular flexibility index (Phi) is 2.81. The van der Waals surface area contributed by atoms with Crippen LogP contribution >= 0.6 is 0 Å². The van der Waals surface area contributed by atoms with Gasteiger partial charge in [-0.15, -0.1) is 0 Å². The van der Waals surface area contributed by atoms with Crippen LogP contribution in [0.1, 0.15) is 22.6 Å². The first-order chi connectivity index (χ1) is 9.20. The summed E-state index contributed by atoms with van der Waals surface area (Å²) >= 11 is 0. The van der Waals surface area contributed by atoms with E-state index in [0.29, 0.717) is 5.89 Å². The summed E-state index contributed by atoms with van der Waals surface area (Å²) in [5.41, 5.74) is 4.98. The lowest BCUT2D eigenvalue weighted by Gasteiger charge is -1.90. The van der Waals surface area contributed by atoms with Crippen molar-refractivity contribution in [2.75, 3.05) is 0 Å². The smallest absolute Gasteiger partial charge is 0.274 e. The SMILES string of the molecule is Cc1ccc(C#Cc2nc3cc(C)ccc3o2)cc1. The molecule has 92 valence electrons. The summed E-state index contributed by atoms with van der Waals surface area (Å²) in [6, 6.07) is 14.0. The van der Waals surface area contributed by atoms with Gasteiger partial charge in [-0.3, -0.25) is 0 Å². The Bertz CT molecular complexity index is 785. The third-order valence-corrected chi connectivity index (χ3v) is 2.91. The van der Waals surface area contributed by atoms with Crippen LogP contribution in [0.5, 0.6) is 0 Å². The van der Waals surface area contributed by atoms with Gasteiger partial charge < -0.3 is 4.42 Å². The summed E-state index contributed by atoms with van der Waals surface area (Å²) in [7, 11) is 0. The molecule has 3 rings (SSSR count). The van der Waals surface area contributed by atoms with Crippen molar-refractivity contribution in [3.63, 3.8) is 0 Å². The second-order valence-corrected chi connectivity index (χ2v) is 4.61. The zero-order valence-electron chi connectivity index (χ0n) is 10.9. The molecule has 0 atom stereocenters. The molecular weight excluding hydrogens is 234 g/mol. The molecule has 2 aromatic carbocycles. The van der Waals surface area contributed by atoms with Crippen LogP contribution < -0.4 is 0 Å². The summed E-state index contributed by atoms with van der Waals surface area (Å²) in [5.74, 6) is 6.48. The fourth-order valence-electron chi connectivity index (χ4n) is 1.85. The van der Waals surface area contributed by atoms with Crippen LogP contribution in [0.15, 0.2) is 46.9 Å². The van der Waals surface area contributed by atoms with E-state index < -0.39 is 0 Å². The number of fused-ring (bicyclic) bond motifs is 1. The molecule has 0 aliphatic carbocycles. The van der Waals surface area contributed by atoms with Crippen LogP contribution in [0.4, 0.5) is 0 Å². The molecule has 0 aliphatic rings. The minimum atomic E-state index is 0.459. The summed E-state index contributed by atoms with van der Waals surface area (Å²) < 4.78 is 5.58. The number of nitrogens with zero attached hydrogens (tertiary/aromatic N) is 1. The largest absolute Gasteiger partial charge is 0.430 e. The maximum absolute atomic E-state index is 5.58. The topological polar surface area (TPSA) is 26.0 Å². The molecule has 0 saturated carbocycles. The van der Waals surface area contributed by atoms with Crippen LogP contribution in [-0.4, -0.2) is 4.98 Å². The lowest BCUT2D eigenvalue weighted by atomic mass is 10.2. The van der Waals surface area contributed by atoms with Crippen molar-refractivity contribution in [1.82, 2.24) is 4.98 Å². The van der Waals surface area contributed by atoms with Crippen molar-refractivity contribution in [1.29, 1.82) is 0 Å². The predicted octanol–water partition coefficient (Wildman–Crippen LogP) is 3.84. The highest BCUT2D eigenvalue weighted by molar-refractivity contribution is 5.73. The van der Waals surface area contributed by atoms with E-state index in [1.807, 2.05) is 49.4 Å². The van der Waals surface area contributed by atoms with Gasteiger partial charge in [-0.05, 0) is 49.6 Å². The van der Waals surface area contributed by atoms with Gasteiger partial charge in [0.15, 0.2) is 5.58 Å². The van der Waals surface area contributed by atoms with Crippen LogP contribution in [-0.2, 0) is 0 Å². The number of rotatable bonds is 0. The van der Waals surface area contributed by atoms with E-state index in [1.165, 1.54) is 11.1 Å². The summed E-state index contributed by atoms with van der Waals surface area (Å²) in [5, 5.41) is 0. The fourth-order valence-corrected chi connectivity index (χ4v) is 1.85. The van der Waals surface area contributed by atoms with Crippen molar-refractivity contribution < 1.29 is 4.42 Å². The zero-order chi connectivity index (χ0) is 13.2. The summed E-state index contributed by atoms with van der Waals surface area (Å²) in [6.45, 7) is 4.09. The van der Waals surface area contributed by atoms with E-state index in [1.54, 1.807) is 0 Å². The number of hydrogen-bond acceptors (Lipinski definition) is 2. The summed E-state index contributed by atoms with van der Waals surface area (Å²) in [6.07, 6.45) is 0. The highest BCUT2D eigenvalue weighted by atomic mass is 16.3. The average Bonchev–Trinajstić information content (AvgIpc) is 2.80. The second-order valence-electron chi connectivity index (χ2n) is 4.61. The molecule has 0 N–H and O–H groups in total. The Morgan fingerprint density at radius 1 is 0.895 bits per heavy atom. The van der Waals surface area contributed by atoms with Gasteiger partial charge in [-0.2, -0.15) is 0 Å². The van der Waals surface area contributed by atoms with Gasteiger partial charge in [0.25, 0.3) is 5.89 Å². The molecule has 0 radical (unpaired) electrons. The molecule has 1 aromatic heterocycles. The molecule has 0 unspecified atom stereocenters. The molecular formula is C17H13NO. The van der Waals surface area contributed by atoms with Gasteiger partial charge in [0.1, 0.15) is 5.52 Å². The highest BCUT2D eigenvalue weighted by Crippen LogP contribution is 2.16. The number of aryl methyl sites for hydroxylation is 2. The van der Waals surface area contributed by atoms with E-state index >= 15 is 0 Å². The maximum Gasteiger partial charge on any atom is 0.274 e. The van der Waals surface area contributed by atoms with Crippen molar-refractivity contribution in [3.05, 3.63) is 65.0 Å². The molecule has 0 bridgehead atoms. The Balaban J connectivity index is 1.95. The molecule has 2 nitrogen and oxygen atoms in total. The van der Waals surface area contributed by atoms with E-state index in [2.05, 4.69) is 23.7 Å². The molecule has 0 amide bonds. The lowest BCUT2D eigenvalue weighted by molar-refractivity contribution is 0.586. The normalized spacial score (nSPS) is 10.2.